The number of carbonyl (C=O) groups excluding carboxylic acids is 4. The van der Waals surface area contributed by atoms with Crippen LogP contribution in [0, 0.1) is 17.8 Å². The van der Waals surface area contributed by atoms with Crippen LogP contribution in [-0.4, -0.2) is 48.8 Å². The van der Waals surface area contributed by atoms with Crippen molar-refractivity contribution >= 4 is 23.9 Å². The fourth-order valence-corrected chi connectivity index (χ4v) is 4.65. The molecule has 3 rings (SSSR count). The van der Waals surface area contributed by atoms with Crippen molar-refractivity contribution in [2.24, 2.45) is 17.8 Å². The lowest BCUT2D eigenvalue weighted by Crippen LogP contribution is -2.36. The molecule has 8 heteroatoms. The molecule has 31 heavy (non-hydrogen) atoms. The summed E-state index contributed by atoms with van der Waals surface area (Å²) in [4.78, 5) is 47.4. The lowest BCUT2D eigenvalue weighted by Gasteiger charge is -2.28. The zero-order chi connectivity index (χ0) is 23.0. The summed E-state index contributed by atoms with van der Waals surface area (Å²) in [6, 6.07) is 0. The monoisotopic (exact) mass is 430 g/mol. The van der Waals surface area contributed by atoms with Gasteiger partial charge in [-0.05, 0) is 17.9 Å². The molecule has 0 amide bonds. The zero-order valence-electron chi connectivity index (χ0n) is 17.7. The third-order valence-electron chi connectivity index (χ3n) is 6.05. The molecule has 166 valence electrons. The van der Waals surface area contributed by atoms with Gasteiger partial charge in [0, 0.05) is 31.8 Å². The largest absolute Gasteiger partial charge is 0.461 e. The molecule has 0 unspecified atom stereocenters. The summed E-state index contributed by atoms with van der Waals surface area (Å²) in [5.41, 5.74) is 1.59. The fourth-order valence-electron chi connectivity index (χ4n) is 4.65. The molecule has 0 spiro atoms. The van der Waals surface area contributed by atoms with Crippen LogP contribution in [0.2, 0.25) is 0 Å². The SMILES string of the molecule is C=C(COC(C)=O)C(=O)O[C@H]1CC(=C)[C@@H]2C[C@H](OC(C)=O)C(=C)[C@@H]2[C@H]2OC(=O)C(=C)[C@@H]21. The average molecular weight is 430 g/mol. The Hall–Kier alpha value is -3.16. The summed E-state index contributed by atoms with van der Waals surface area (Å²) in [5.74, 6) is -3.38. The highest BCUT2D eigenvalue weighted by molar-refractivity contribution is 5.92. The van der Waals surface area contributed by atoms with Gasteiger partial charge >= 0.3 is 23.9 Å². The molecule has 0 aromatic heterocycles. The van der Waals surface area contributed by atoms with Crippen LogP contribution in [-0.2, 0) is 38.1 Å². The standard InChI is InChI=1S/C23H26O8/c1-10-7-18(30-22(26)11(2)9-28-14(5)24)20-13(4)23(27)31-21(20)19-12(3)17(8-16(10)19)29-15(6)25/h16-21H,1-4,7-9H2,5-6H3/t16-,17-,18-,19-,20+,21+/m0/s1. The summed E-state index contributed by atoms with van der Waals surface area (Å²) in [7, 11) is 0. The zero-order valence-corrected chi connectivity index (χ0v) is 17.7. The van der Waals surface area contributed by atoms with E-state index in [4.69, 9.17) is 18.9 Å². The summed E-state index contributed by atoms with van der Waals surface area (Å²) in [6.45, 7) is 18.0. The van der Waals surface area contributed by atoms with Gasteiger partial charge in [-0.2, -0.15) is 0 Å². The smallest absolute Gasteiger partial charge is 0.337 e. The van der Waals surface area contributed by atoms with Gasteiger partial charge in [-0.3, -0.25) is 9.59 Å². The molecule has 1 heterocycles. The Balaban J connectivity index is 1.85. The van der Waals surface area contributed by atoms with Crippen molar-refractivity contribution < 1.29 is 38.1 Å². The molecule has 0 bridgehead atoms. The van der Waals surface area contributed by atoms with Gasteiger partial charge in [0.25, 0.3) is 0 Å². The van der Waals surface area contributed by atoms with E-state index in [2.05, 4.69) is 26.3 Å². The van der Waals surface area contributed by atoms with Crippen LogP contribution in [0.25, 0.3) is 0 Å². The van der Waals surface area contributed by atoms with E-state index >= 15 is 0 Å². The van der Waals surface area contributed by atoms with Crippen LogP contribution in [0.3, 0.4) is 0 Å². The van der Waals surface area contributed by atoms with Gasteiger partial charge in [0.2, 0.25) is 0 Å². The fraction of sp³-hybridized carbons (Fsp3) is 0.478. The van der Waals surface area contributed by atoms with E-state index in [1.54, 1.807) is 0 Å². The number of hydrogen-bond acceptors (Lipinski definition) is 8. The van der Waals surface area contributed by atoms with Crippen LogP contribution in [0.4, 0.5) is 0 Å². The minimum atomic E-state index is -0.761. The van der Waals surface area contributed by atoms with E-state index in [0.29, 0.717) is 12.0 Å². The maximum Gasteiger partial charge on any atom is 0.337 e. The molecule has 0 aromatic carbocycles. The molecule has 2 saturated carbocycles. The number of ether oxygens (including phenoxy) is 4. The molecule has 3 aliphatic rings. The normalized spacial score (nSPS) is 31.8. The van der Waals surface area contributed by atoms with Gasteiger partial charge in [-0.15, -0.1) is 0 Å². The van der Waals surface area contributed by atoms with Crippen molar-refractivity contribution in [3.05, 3.63) is 48.6 Å². The molecule has 0 aromatic rings. The first-order valence-electron chi connectivity index (χ1n) is 9.96. The molecule has 8 nitrogen and oxygen atoms in total. The Morgan fingerprint density at radius 2 is 1.74 bits per heavy atom. The number of fused-ring (bicyclic) bond motifs is 3. The number of rotatable bonds is 5. The third-order valence-corrected chi connectivity index (χ3v) is 6.05. The van der Waals surface area contributed by atoms with Crippen LogP contribution in [0.1, 0.15) is 26.7 Å². The van der Waals surface area contributed by atoms with E-state index in [9.17, 15) is 19.2 Å². The van der Waals surface area contributed by atoms with Crippen molar-refractivity contribution in [1.29, 1.82) is 0 Å². The van der Waals surface area contributed by atoms with Gasteiger partial charge in [0.1, 0.15) is 24.9 Å². The van der Waals surface area contributed by atoms with E-state index in [0.717, 1.165) is 5.57 Å². The lowest BCUT2D eigenvalue weighted by molar-refractivity contribution is -0.150. The Morgan fingerprint density at radius 3 is 2.35 bits per heavy atom. The van der Waals surface area contributed by atoms with Crippen molar-refractivity contribution in [3.8, 4) is 0 Å². The van der Waals surface area contributed by atoms with Gasteiger partial charge in [-0.1, -0.05) is 31.9 Å². The van der Waals surface area contributed by atoms with Crippen LogP contribution < -0.4 is 0 Å². The number of esters is 4. The van der Waals surface area contributed by atoms with Gasteiger partial charge < -0.3 is 18.9 Å². The van der Waals surface area contributed by atoms with Gasteiger partial charge in [0.15, 0.2) is 0 Å². The minimum Gasteiger partial charge on any atom is -0.461 e. The molecular weight excluding hydrogens is 404 g/mol. The van der Waals surface area contributed by atoms with Crippen LogP contribution >= 0.6 is 0 Å². The maximum atomic E-state index is 12.5. The first kappa shape index (κ1) is 22.5. The molecular formula is C23H26O8. The second-order valence-corrected chi connectivity index (χ2v) is 8.15. The lowest BCUT2D eigenvalue weighted by atomic mass is 9.81. The predicted octanol–water partition coefficient (Wildman–Crippen LogP) is 2.20. The first-order valence-corrected chi connectivity index (χ1v) is 9.96. The third kappa shape index (κ3) is 4.33. The van der Waals surface area contributed by atoms with Crippen LogP contribution in [0.5, 0.6) is 0 Å². The molecule has 0 radical (unpaired) electrons. The second kappa shape index (κ2) is 8.53. The Kier molecular flexibility index (Phi) is 6.20. The van der Waals surface area contributed by atoms with Gasteiger partial charge in [-0.25, -0.2) is 9.59 Å². The summed E-state index contributed by atoms with van der Waals surface area (Å²) in [6.07, 6.45) is -1.19. The first-order chi connectivity index (χ1) is 14.5. The van der Waals surface area contributed by atoms with Crippen molar-refractivity contribution in [2.75, 3.05) is 6.61 Å². The van der Waals surface area contributed by atoms with E-state index in [1.807, 2.05) is 0 Å². The Morgan fingerprint density at radius 1 is 1.06 bits per heavy atom. The average Bonchev–Trinajstić information content (AvgIpc) is 3.11. The highest BCUT2D eigenvalue weighted by Gasteiger charge is 2.57. The highest BCUT2D eigenvalue weighted by atomic mass is 16.6. The maximum absolute atomic E-state index is 12.5. The quantitative estimate of drug-likeness (QED) is 0.283. The Bertz CT molecular complexity index is 897. The van der Waals surface area contributed by atoms with E-state index in [1.165, 1.54) is 13.8 Å². The highest BCUT2D eigenvalue weighted by Crippen LogP contribution is 2.53. The Labute approximate surface area is 180 Å². The summed E-state index contributed by atoms with van der Waals surface area (Å²) in [5, 5.41) is 0. The number of carbonyl (C=O) groups is 4. The molecule has 1 aliphatic heterocycles. The van der Waals surface area contributed by atoms with Crippen molar-refractivity contribution in [1.82, 2.24) is 0 Å². The molecule has 2 aliphatic carbocycles. The van der Waals surface area contributed by atoms with Crippen molar-refractivity contribution in [3.63, 3.8) is 0 Å². The van der Waals surface area contributed by atoms with Crippen molar-refractivity contribution in [2.45, 2.75) is 45.0 Å². The van der Waals surface area contributed by atoms with E-state index < -0.39 is 48.1 Å². The van der Waals surface area contributed by atoms with E-state index in [-0.39, 0.29) is 36.0 Å². The van der Waals surface area contributed by atoms with Gasteiger partial charge in [0.05, 0.1) is 11.5 Å². The summed E-state index contributed by atoms with van der Waals surface area (Å²) < 4.78 is 21.5. The summed E-state index contributed by atoms with van der Waals surface area (Å²) >= 11 is 0. The topological polar surface area (TPSA) is 105 Å². The molecule has 3 fully saturated rings. The second-order valence-electron chi connectivity index (χ2n) is 8.15. The van der Waals surface area contributed by atoms with Crippen LogP contribution in [0.15, 0.2) is 48.6 Å². The minimum absolute atomic E-state index is 0.0306. The molecule has 1 saturated heterocycles. The molecule has 0 N–H and O–H groups in total. The molecule has 6 atom stereocenters. The predicted molar refractivity (Wildman–Crippen MR) is 108 cm³/mol. The number of hydrogen-bond donors (Lipinski definition) is 0.